The van der Waals surface area contributed by atoms with Crippen molar-refractivity contribution in [3.63, 3.8) is 0 Å². The van der Waals surface area contributed by atoms with Crippen molar-refractivity contribution in [1.82, 2.24) is 14.5 Å². The maximum Gasteiger partial charge on any atom is 0.337 e. The Morgan fingerprint density at radius 3 is 2.80 bits per heavy atom. The molecular weight excluding hydrogens is 258 g/mol. The standard InChI is InChI=1S/C14H13N3O3/c1-14(2)19-11(8-13(18)20-14)10-3-4-16-12(7-10)17-6-5-15-9-17/h3-9H,1-2H3. The van der Waals surface area contributed by atoms with Crippen LogP contribution in [0.25, 0.3) is 11.6 Å². The van der Waals surface area contributed by atoms with E-state index in [2.05, 4.69) is 9.97 Å². The lowest BCUT2D eigenvalue weighted by atomic mass is 10.2. The van der Waals surface area contributed by atoms with Crippen LogP contribution in [-0.2, 0) is 14.3 Å². The normalized spacial score (nSPS) is 17.1. The number of nitrogens with zero attached hydrogens (tertiary/aromatic N) is 3. The van der Waals surface area contributed by atoms with E-state index < -0.39 is 11.8 Å². The van der Waals surface area contributed by atoms with Gasteiger partial charge in [0.15, 0.2) is 0 Å². The summed E-state index contributed by atoms with van der Waals surface area (Å²) in [6.07, 6.45) is 8.10. The van der Waals surface area contributed by atoms with Gasteiger partial charge in [-0.05, 0) is 12.1 Å². The summed E-state index contributed by atoms with van der Waals surface area (Å²) in [4.78, 5) is 19.8. The van der Waals surface area contributed by atoms with Gasteiger partial charge in [0.05, 0.1) is 6.08 Å². The molecule has 2 aromatic heterocycles. The number of pyridine rings is 1. The molecule has 0 amide bonds. The van der Waals surface area contributed by atoms with Crippen molar-refractivity contribution in [3.8, 4) is 5.82 Å². The van der Waals surface area contributed by atoms with Crippen LogP contribution in [0.3, 0.4) is 0 Å². The van der Waals surface area contributed by atoms with Crippen LogP contribution < -0.4 is 0 Å². The molecule has 0 aliphatic carbocycles. The average Bonchev–Trinajstić information content (AvgIpc) is 2.90. The molecule has 6 nitrogen and oxygen atoms in total. The van der Waals surface area contributed by atoms with Gasteiger partial charge in [-0.25, -0.2) is 14.8 Å². The number of hydrogen-bond donors (Lipinski definition) is 0. The Morgan fingerprint density at radius 2 is 2.10 bits per heavy atom. The quantitative estimate of drug-likeness (QED) is 0.781. The lowest BCUT2D eigenvalue weighted by Crippen LogP contribution is -2.33. The van der Waals surface area contributed by atoms with Crippen LogP contribution in [0.4, 0.5) is 0 Å². The van der Waals surface area contributed by atoms with Gasteiger partial charge >= 0.3 is 5.97 Å². The zero-order valence-electron chi connectivity index (χ0n) is 11.1. The third-order valence-electron chi connectivity index (χ3n) is 2.75. The lowest BCUT2D eigenvalue weighted by molar-refractivity contribution is -0.193. The topological polar surface area (TPSA) is 66.2 Å². The van der Waals surface area contributed by atoms with E-state index in [0.717, 1.165) is 5.56 Å². The van der Waals surface area contributed by atoms with E-state index in [4.69, 9.17) is 9.47 Å². The molecule has 3 rings (SSSR count). The van der Waals surface area contributed by atoms with E-state index in [1.54, 1.807) is 49.4 Å². The first-order chi connectivity index (χ1) is 9.53. The smallest absolute Gasteiger partial charge is 0.337 e. The third kappa shape index (κ3) is 2.40. The highest BCUT2D eigenvalue weighted by atomic mass is 16.7. The van der Waals surface area contributed by atoms with Gasteiger partial charge in [0.2, 0.25) is 5.79 Å². The van der Waals surface area contributed by atoms with Crippen molar-refractivity contribution in [1.29, 1.82) is 0 Å². The molecule has 6 heteroatoms. The number of cyclic esters (lactones) is 1. The van der Waals surface area contributed by atoms with Crippen molar-refractivity contribution in [2.75, 3.05) is 0 Å². The van der Waals surface area contributed by atoms with Crippen molar-refractivity contribution in [2.24, 2.45) is 0 Å². The number of rotatable bonds is 2. The summed E-state index contributed by atoms with van der Waals surface area (Å²) in [6.45, 7) is 3.38. The molecule has 0 fully saturated rings. The predicted octanol–water partition coefficient (Wildman–Crippen LogP) is 1.92. The van der Waals surface area contributed by atoms with Crippen molar-refractivity contribution >= 4 is 11.7 Å². The minimum absolute atomic E-state index is 0.419. The highest BCUT2D eigenvalue weighted by Crippen LogP contribution is 2.28. The number of carbonyl (C=O) groups excluding carboxylic acids is 1. The average molecular weight is 271 g/mol. The van der Waals surface area contributed by atoms with Gasteiger partial charge in [-0.3, -0.25) is 4.57 Å². The van der Waals surface area contributed by atoms with E-state index in [1.165, 1.54) is 6.08 Å². The first kappa shape index (κ1) is 12.4. The van der Waals surface area contributed by atoms with Crippen LogP contribution in [0.15, 0.2) is 43.1 Å². The Hall–Kier alpha value is -2.63. The number of carbonyl (C=O) groups is 1. The molecular formula is C14H13N3O3. The monoisotopic (exact) mass is 271 g/mol. The fourth-order valence-corrected chi connectivity index (χ4v) is 1.94. The molecule has 2 aromatic rings. The second kappa shape index (κ2) is 4.48. The molecule has 3 heterocycles. The van der Waals surface area contributed by atoms with E-state index in [9.17, 15) is 4.79 Å². The fourth-order valence-electron chi connectivity index (χ4n) is 1.94. The van der Waals surface area contributed by atoms with Gasteiger partial charge in [-0.2, -0.15) is 0 Å². The lowest BCUT2D eigenvalue weighted by Gasteiger charge is -2.30. The maximum atomic E-state index is 11.6. The summed E-state index contributed by atoms with van der Waals surface area (Å²) in [5, 5.41) is 0. The van der Waals surface area contributed by atoms with Crippen molar-refractivity contribution < 1.29 is 14.3 Å². The molecule has 1 aliphatic heterocycles. The van der Waals surface area contributed by atoms with Gasteiger partial charge in [0.1, 0.15) is 17.9 Å². The molecule has 0 spiro atoms. The maximum absolute atomic E-state index is 11.6. The fraction of sp³-hybridized carbons (Fsp3) is 0.214. The Morgan fingerprint density at radius 1 is 1.25 bits per heavy atom. The highest BCUT2D eigenvalue weighted by molar-refractivity contribution is 5.91. The Labute approximate surface area is 115 Å². The SMILES string of the molecule is CC1(C)OC(=O)C=C(c2ccnc(-n3ccnc3)c2)O1. The van der Waals surface area contributed by atoms with Crippen LogP contribution >= 0.6 is 0 Å². The molecule has 0 saturated carbocycles. The van der Waals surface area contributed by atoms with Crippen LogP contribution in [-0.4, -0.2) is 26.3 Å². The van der Waals surface area contributed by atoms with Gasteiger partial charge in [0.25, 0.3) is 0 Å². The minimum Gasteiger partial charge on any atom is -0.452 e. The highest BCUT2D eigenvalue weighted by Gasteiger charge is 2.30. The molecule has 0 radical (unpaired) electrons. The Kier molecular flexibility index (Phi) is 2.78. The summed E-state index contributed by atoms with van der Waals surface area (Å²) in [7, 11) is 0. The van der Waals surface area contributed by atoms with Gasteiger partial charge in [-0.1, -0.05) is 0 Å². The molecule has 20 heavy (non-hydrogen) atoms. The summed E-state index contributed by atoms with van der Waals surface area (Å²) >= 11 is 0. The summed E-state index contributed by atoms with van der Waals surface area (Å²) in [5.74, 6) is -0.229. The molecule has 0 bridgehead atoms. The summed E-state index contributed by atoms with van der Waals surface area (Å²) < 4.78 is 12.5. The van der Waals surface area contributed by atoms with E-state index >= 15 is 0 Å². The van der Waals surface area contributed by atoms with Crippen LogP contribution in [0.1, 0.15) is 19.4 Å². The third-order valence-corrected chi connectivity index (χ3v) is 2.75. The predicted molar refractivity (Wildman–Crippen MR) is 70.6 cm³/mol. The number of esters is 1. The van der Waals surface area contributed by atoms with Gasteiger partial charge < -0.3 is 9.47 Å². The Balaban J connectivity index is 1.99. The number of imidazole rings is 1. The van der Waals surface area contributed by atoms with Crippen LogP contribution in [0, 0.1) is 0 Å². The number of ether oxygens (including phenoxy) is 2. The first-order valence-electron chi connectivity index (χ1n) is 6.12. The molecule has 0 atom stereocenters. The van der Waals surface area contributed by atoms with Gasteiger partial charge in [-0.15, -0.1) is 0 Å². The summed E-state index contributed by atoms with van der Waals surface area (Å²) in [6, 6.07) is 3.60. The van der Waals surface area contributed by atoms with Crippen LogP contribution in [0.5, 0.6) is 0 Å². The number of hydrogen-bond acceptors (Lipinski definition) is 5. The molecule has 102 valence electrons. The largest absolute Gasteiger partial charge is 0.452 e. The number of aromatic nitrogens is 3. The summed E-state index contributed by atoms with van der Waals surface area (Å²) in [5.41, 5.74) is 0.758. The van der Waals surface area contributed by atoms with E-state index in [-0.39, 0.29) is 0 Å². The van der Waals surface area contributed by atoms with Crippen LogP contribution in [0.2, 0.25) is 0 Å². The van der Waals surface area contributed by atoms with Crippen molar-refractivity contribution in [3.05, 3.63) is 48.7 Å². The van der Waals surface area contributed by atoms with Crippen molar-refractivity contribution in [2.45, 2.75) is 19.6 Å². The minimum atomic E-state index is -0.973. The first-order valence-corrected chi connectivity index (χ1v) is 6.12. The molecule has 1 aliphatic rings. The molecule has 0 N–H and O–H groups in total. The van der Waals surface area contributed by atoms with E-state index in [0.29, 0.717) is 11.6 Å². The second-order valence-corrected chi connectivity index (χ2v) is 4.80. The second-order valence-electron chi connectivity index (χ2n) is 4.80. The Bertz CT molecular complexity index is 675. The molecule has 0 unspecified atom stereocenters. The molecule has 0 saturated heterocycles. The zero-order valence-corrected chi connectivity index (χ0v) is 11.1. The zero-order chi connectivity index (χ0) is 14.2. The van der Waals surface area contributed by atoms with E-state index in [1.807, 2.05) is 6.07 Å². The van der Waals surface area contributed by atoms with Gasteiger partial charge in [0, 0.05) is 38.0 Å². The molecule has 0 aromatic carbocycles.